The van der Waals surface area contributed by atoms with Gasteiger partial charge in [-0.1, -0.05) is 17.7 Å². The fourth-order valence-electron chi connectivity index (χ4n) is 1.88. The average Bonchev–Trinajstić information content (AvgIpc) is 2.53. The Labute approximate surface area is 128 Å². The maximum atomic E-state index is 12.3. The van der Waals surface area contributed by atoms with E-state index in [0.717, 1.165) is 0 Å². The lowest BCUT2D eigenvalue weighted by Crippen LogP contribution is -2.14. The molecule has 0 N–H and O–H groups in total. The van der Waals surface area contributed by atoms with Crippen LogP contribution in [0.1, 0.15) is 10.4 Å². The monoisotopic (exact) mass is 306 g/mol. The fourth-order valence-corrected chi connectivity index (χ4v) is 2.00. The van der Waals surface area contributed by atoms with Gasteiger partial charge in [-0.15, -0.1) is 0 Å². The van der Waals surface area contributed by atoms with E-state index in [-0.39, 0.29) is 12.4 Å². The Kier molecular flexibility index (Phi) is 5.06. The van der Waals surface area contributed by atoms with Crippen LogP contribution in [-0.2, 0) is 0 Å². The van der Waals surface area contributed by atoms with E-state index in [9.17, 15) is 4.79 Å². The van der Waals surface area contributed by atoms with E-state index >= 15 is 0 Å². The molecule has 21 heavy (non-hydrogen) atoms. The molecule has 0 amide bonds. The van der Waals surface area contributed by atoms with Crippen LogP contribution in [-0.4, -0.2) is 26.6 Å². The summed E-state index contributed by atoms with van der Waals surface area (Å²) in [6.45, 7) is -0.113. The second-order valence-corrected chi connectivity index (χ2v) is 4.64. The quantitative estimate of drug-likeness (QED) is 0.765. The maximum absolute atomic E-state index is 12.3. The molecule has 2 aromatic carbocycles. The molecule has 0 aliphatic rings. The maximum Gasteiger partial charge on any atom is 0.207 e. The molecule has 0 aliphatic carbocycles. The molecule has 2 aromatic rings. The van der Waals surface area contributed by atoms with E-state index in [1.54, 1.807) is 42.5 Å². The number of ketones is 1. The average molecular weight is 307 g/mol. The van der Waals surface area contributed by atoms with Crippen molar-refractivity contribution in [3.8, 4) is 17.2 Å². The first-order chi connectivity index (χ1) is 10.2. The van der Waals surface area contributed by atoms with Crippen LogP contribution in [0.4, 0.5) is 0 Å². The van der Waals surface area contributed by atoms with Crippen molar-refractivity contribution in [3.63, 3.8) is 0 Å². The number of rotatable bonds is 6. The number of benzene rings is 2. The van der Waals surface area contributed by atoms with Crippen molar-refractivity contribution in [2.75, 3.05) is 20.8 Å². The molecule has 0 unspecified atom stereocenters. The lowest BCUT2D eigenvalue weighted by molar-refractivity contribution is 0.0915. The van der Waals surface area contributed by atoms with E-state index < -0.39 is 0 Å². The van der Waals surface area contributed by atoms with Gasteiger partial charge in [-0.2, -0.15) is 0 Å². The summed E-state index contributed by atoms with van der Waals surface area (Å²) in [6, 6.07) is 12.0. The van der Waals surface area contributed by atoms with Crippen molar-refractivity contribution in [1.29, 1.82) is 0 Å². The molecule has 0 bridgehead atoms. The highest BCUT2D eigenvalue weighted by atomic mass is 35.5. The standard InChI is InChI=1S/C16H15ClO4/c1-19-14-4-3-5-15(20-2)16(14)13(18)10-21-12-8-6-11(17)7-9-12/h3-9H,10H2,1-2H3. The summed E-state index contributed by atoms with van der Waals surface area (Å²) < 4.78 is 15.9. The Morgan fingerprint density at radius 3 is 2.10 bits per heavy atom. The molecule has 0 radical (unpaired) electrons. The highest BCUT2D eigenvalue weighted by molar-refractivity contribution is 6.30. The molecule has 110 valence electrons. The van der Waals surface area contributed by atoms with Crippen LogP contribution in [0.25, 0.3) is 0 Å². The Balaban J connectivity index is 2.15. The van der Waals surface area contributed by atoms with Gasteiger partial charge in [0, 0.05) is 5.02 Å². The molecule has 0 fully saturated rings. The predicted octanol–water partition coefficient (Wildman–Crippen LogP) is 3.62. The normalized spacial score (nSPS) is 10.0. The molecule has 0 saturated carbocycles. The topological polar surface area (TPSA) is 44.8 Å². The third kappa shape index (κ3) is 3.67. The van der Waals surface area contributed by atoms with Gasteiger partial charge in [0.15, 0.2) is 6.61 Å². The summed E-state index contributed by atoms with van der Waals surface area (Å²) in [5.74, 6) is 1.26. The molecule has 0 saturated heterocycles. The Morgan fingerprint density at radius 1 is 1.00 bits per heavy atom. The van der Waals surface area contributed by atoms with Crippen molar-refractivity contribution in [2.24, 2.45) is 0 Å². The molecule has 0 aromatic heterocycles. The number of carbonyl (C=O) groups excluding carboxylic acids is 1. The smallest absolute Gasteiger partial charge is 0.207 e. The van der Waals surface area contributed by atoms with Gasteiger partial charge in [-0.25, -0.2) is 0 Å². The molecule has 0 atom stereocenters. The number of hydrogen-bond donors (Lipinski definition) is 0. The second-order valence-electron chi connectivity index (χ2n) is 4.20. The molecule has 0 spiro atoms. The number of methoxy groups -OCH3 is 2. The minimum Gasteiger partial charge on any atom is -0.496 e. The highest BCUT2D eigenvalue weighted by Gasteiger charge is 2.18. The van der Waals surface area contributed by atoms with Crippen LogP contribution in [0.15, 0.2) is 42.5 Å². The summed E-state index contributed by atoms with van der Waals surface area (Å²) >= 11 is 5.79. The minimum absolute atomic E-state index is 0.113. The molecular weight excluding hydrogens is 292 g/mol. The fraction of sp³-hybridized carbons (Fsp3) is 0.188. The van der Waals surface area contributed by atoms with Gasteiger partial charge in [0.05, 0.1) is 14.2 Å². The lowest BCUT2D eigenvalue weighted by Gasteiger charge is -2.12. The van der Waals surface area contributed by atoms with Gasteiger partial charge in [-0.3, -0.25) is 4.79 Å². The molecular formula is C16H15ClO4. The van der Waals surface area contributed by atoms with E-state index in [1.807, 2.05) is 0 Å². The van der Waals surface area contributed by atoms with E-state index in [1.165, 1.54) is 14.2 Å². The Hall–Kier alpha value is -2.20. The zero-order valence-corrected chi connectivity index (χ0v) is 12.5. The molecule has 5 heteroatoms. The molecule has 0 heterocycles. The highest BCUT2D eigenvalue weighted by Crippen LogP contribution is 2.28. The summed E-state index contributed by atoms with van der Waals surface area (Å²) in [4.78, 5) is 12.3. The summed E-state index contributed by atoms with van der Waals surface area (Å²) in [6.07, 6.45) is 0. The van der Waals surface area contributed by atoms with Crippen molar-refractivity contribution < 1.29 is 19.0 Å². The van der Waals surface area contributed by atoms with E-state index in [4.69, 9.17) is 25.8 Å². The zero-order valence-electron chi connectivity index (χ0n) is 11.8. The van der Waals surface area contributed by atoms with E-state index in [0.29, 0.717) is 27.8 Å². The van der Waals surface area contributed by atoms with Gasteiger partial charge in [0.25, 0.3) is 0 Å². The van der Waals surface area contributed by atoms with Crippen LogP contribution >= 0.6 is 11.6 Å². The van der Waals surface area contributed by atoms with Crippen LogP contribution < -0.4 is 14.2 Å². The summed E-state index contributed by atoms with van der Waals surface area (Å²) in [5.41, 5.74) is 0.372. The summed E-state index contributed by atoms with van der Waals surface area (Å²) in [7, 11) is 3.01. The van der Waals surface area contributed by atoms with E-state index in [2.05, 4.69) is 0 Å². The lowest BCUT2D eigenvalue weighted by atomic mass is 10.1. The van der Waals surface area contributed by atoms with Gasteiger partial charge in [0.2, 0.25) is 5.78 Å². The molecule has 4 nitrogen and oxygen atoms in total. The first-order valence-corrected chi connectivity index (χ1v) is 6.66. The second kappa shape index (κ2) is 6.99. The van der Waals surface area contributed by atoms with Gasteiger partial charge >= 0.3 is 0 Å². The number of Topliss-reactive ketones (excluding diaryl/α,β-unsaturated/α-hetero) is 1. The molecule has 0 aliphatic heterocycles. The minimum atomic E-state index is -0.223. The van der Waals surface area contributed by atoms with Crippen LogP contribution in [0.5, 0.6) is 17.2 Å². The van der Waals surface area contributed by atoms with Crippen LogP contribution in [0.3, 0.4) is 0 Å². The van der Waals surface area contributed by atoms with Gasteiger partial charge in [-0.05, 0) is 36.4 Å². The predicted molar refractivity (Wildman–Crippen MR) is 80.8 cm³/mol. The van der Waals surface area contributed by atoms with Crippen LogP contribution in [0, 0.1) is 0 Å². The van der Waals surface area contributed by atoms with Crippen molar-refractivity contribution in [3.05, 3.63) is 53.1 Å². The first kappa shape index (κ1) is 15.2. The Morgan fingerprint density at radius 2 is 1.57 bits per heavy atom. The zero-order chi connectivity index (χ0) is 15.2. The van der Waals surface area contributed by atoms with Crippen molar-refractivity contribution in [2.45, 2.75) is 0 Å². The Bertz CT molecular complexity index is 600. The third-order valence-corrected chi connectivity index (χ3v) is 3.14. The number of halogens is 1. The van der Waals surface area contributed by atoms with Crippen LogP contribution in [0.2, 0.25) is 5.02 Å². The first-order valence-electron chi connectivity index (χ1n) is 6.28. The van der Waals surface area contributed by atoms with Gasteiger partial charge in [0.1, 0.15) is 22.8 Å². The number of hydrogen-bond acceptors (Lipinski definition) is 4. The molecule has 2 rings (SSSR count). The number of ether oxygens (including phenoxy) is 3. The SMILES string of the molecule is COc1cccc(OC)c1C(=O)COc1ccc(Cl)cc1. The third-order valence-electron chi connectivity index (χ3n) is 2.89. The largest absolute Gasteiger partial charge is 0.496 e. The van der Waals surface area contributed by atoms with Gasteiger partial charge < -0.3 is 14.2 Å². The van der Waals surface area contributed by atoms with Crippen molar-refractivity contribution >= 4 is 17.4 Å². The number of carbonyl (C=O) groups is 1. The summed E-state index contributed by atoms with van der Waals surface area (Å²) in [5, 5.41) is 0.611. The van der Waals surface area contributed by atoms with Crippen molar-refractivity contribution in [1.82, 2.24) is 0 Å².